The van der Waals surface area contributed by atoms with Gasteiger partial charge in [-0.25, -0.2) is 0 Å². The third-order valence-corrected chi connectivity index (χ3v) is 0.838. The van der Waals surface area contributed by atoms with E-state index < -0.39 is 0 Å². The van der Waals surface area contributed by atoms with Gasteiger partial charge in [-0.2, -0.15) is 5.48 Å². The van der Waals surface area contributed by atoms with E-state index in [9.17, 15) is 0 Å². The Hall–Kier alpha value is -0.120. The van der Waals surface area contributed by atoms with Crippen molar-refractivity contribution in [2.45, 2.75) is 19.3 Å². The molecule has 0 aromatic heterocycles. The molecule has 36 valence electrons. The van der Waals surface area contributed by atoms with E-state index in [1.807, 2.05) is 12.4 Å². The fourth-order valence-corrected chi connectivity index (χ4v) is 0.321. The van der Waals surface area contributed by atoms with Crippen molar-refractivity contribution in [3.05, 3.63) is 0 Å². The van der Waals surface area contributed by atoms with E-state index >= 15 is 0 Å². The Labute approximate surface area is 35.9 Å². The third-order valence-electron chi connectivity index (χ3n) is 0.838. The number of epoxide rings is 1. The standard InChI is InChI=1S/C3H7NO2/c1-2-3(4-5)6-2/h2-5H,1H3/t2-,3-/m1/s1. The molecule has 1 heterocycles. The molecule has 0 amide bonds. The van der Waals surface area contributed by atoms with Gasteiger partial charge >= 0.3 is 0 Å². The van der Waals surface area contributed by atoms with E-state index in [2.05, 4.69) is 0 Å². The van der Waals surface area contributed by atoms with E-state index in [0.717, 1.165) is 0 Å². The monoisotopic (exact) mass is 89.0 g/mol. The Morgan fingerprint density at radius 3 is 2.33 bits per heavy atom. The van der Waals surface area contributed by atoms with Gasteiger partial charge < -0.3 is 9.94 Å². The summed E-state index contributed by atoms with van der Waals surface area (Å²) < 4.78 is 4.70. The number of ether oxygens (including phenoxy) is 1. The van der Waals surface area contributed by atoms with Crippen molar-refractivity contribution in [3.8, 4) is 0 Å². The molecule has 6 heavy (non-hydrogen) atoms. The lowest BCUT2D eigenvalue weighted by molar-refractivity contribution is 0.119. The van der Waals surface area contributed by atoms with Gasteiger partial charge in [0.05, 0.1) is 6.10 Å². The topological polar surface area (TPSA) is 44.8 Å². The van der Waals surface area contributed by atoms with Crippen LogP contribution in [-0.2, 0) is 4.74 Å². The summed E-state index contributed by atoms with van der Waals surface area (Å²) in [5, 5.41) is 8.00. The van der Waals surface area contributed by atoms with Crippen LogP contribution in [0.25, 0.3) is 0 Å². The van der Waals surface area contributed by atoms with E-state index in [-0.39, 0.29) is 12.3 Å². The normalized spacial score (nSPS) is 43.0. The number of hydroxylamine groups is 1. The SMILES string of the molecule is C[C@H]1O[C@H]1NO. The van der Waals surface area contributed by atoms with Gasteiger partial charge in [0.2, 0.25) is 0 Å². The molecule has 0 unspecified atom stereocenters. The second-order valence-corrected chi connectivity index (χ2v) is 1.39. The molecule has 3 heteroatoms. The predicted octanol–water partition coefficient (Wildman–Crippen LogP) is -0.290. The van der Waals surface area contributed by atoms with Gasteiger partial charge in [-0.15, -0.1) is 0 Å². The first-order chi connectivity index (χ1) is 2.84. The Morgan fingerprint density at radius 1 is 1.83 bits per heavy atom. The maximum Gasteiger partial charge on any atom is 0.156 e. The van der Waals surface area contributed by atoms with Crippen molar-refractivity contribution in [1.29, 1.82) is 0 Å². The lowest BCUT2D eigenvalue weighted by atomic mass is 10.5. The van der Waals surface area contributed by atoms with Crippen molar-refractivity contribution in [2.75, 3.05) is 0 Å². The summed E-state index contributed by atoms with van der Waals surface area (Å²) >= 11 is 0. The summed E-state index contributed by atoms with van der Waals surface area (Å²) in [6.45, 7) is 1.88. The molecule has 1 saturated heterocycles. The Morgan fingerprint density at radius 2 is 2.33 bits per heavy atom. The molecule has 0 aliphatic carbocycles. The van der Waals surface area contributed by atoms with Crippen LogP contribution < -0.4 is 5.48 Å². The molecule has 0 aromatic rings. The van der Waals surface area contributed by atoms with E-state index in [1.54, 1.807) is 0 Å². The predicted molar refractivity (Wildman–Crippen MR) is 19.3 cm³/mol. The average Bonchev–Trinajstić information content (AvgIpc) is 2.19. The second-order valence-electron chi connectivity index (χ2n) is 1.39. The number of rotatable bonds is 1. The van der Waals surface area contributed by atoms with Gasteiger partial charge in [0.15, 0.2) is 6.23 Å². The molecular weight excluding hydrogens is 82.0 g/mol. The van der Waals surface area contributed by atoms with E-state index in [4.69, 9.17) is 9.94 Å². The molecule has 1 fully saturated rings. The Kier molecular flexibility index (Phi) is 0.799. The molecule has 2 N–H and O–H groups in total. The Bertz CT molecular complexity index is 54.8. The van der Waals surface area contributed by atoms with Crippen molar-refractivity contribution in [3.63, 3.8) is 0 Å². The quantitative estimate of drug-likeness (QED) is 0.342. The molecule has 1 aliphatic rings. The highest BCUT2D eigenvalue weighted by atomic mass is 16.7. The van der Waals surface area contributed by atoms with Crippen LogP contribution in [0.5, 0.6) is 0 Å². The molecule has 0 aromatic carbocycles. The number of hydrogen-bond donors (Lipinski definition) is 2. The summed E-state index contributed by atoms with van der Waals surface area (Å²) in [5.41, 5.74) is 1.97. The van der Waals surface area contributed by atoms with Crippen molar-refractivity contribution >= 4 is 0 Å². The summed E-state index contributed by atoms with van der Waals surface area (Å²) in [6, 6.07) is 0. The van der Waals surface area contributed by atoms with Crippen LogP contribution in [-0.4, -0.2) is 17.5 Å². The summed E-state index contributed by atoms with van der Waals surface area (Å²) in [4.78, 5) is 0. The molecule has 0 saturated carbocycles. The first-order valence-corrected chi connectivity index (χ1v) is 1.89. The van der Waals surface area contributed by atoms with Gasteiger partial charge in [0.1, 0.15) is 0 Å². The molecular formula is C3H7NO2. The van der Waals surface area contributed by atoms with Crippen LogP contribution in [0.2, 0.25) is 0 Å². The van der Waals surface area contributed by atoms with E-state index in [1.165, 1.54) is 0 Å². The lowest BCUT2D eigenvalue weighted by Gasteiger charge is -1.78. The summed E-state index contributed by atoms with van der Waals surface area (Å²) in [6.07, 6.45) is 0.111. The average molecular weight is 89.1 g/mol. The molecule has 3 nitrogen and oxygen atoms in total. The van der Waals surface area contributed by atoms with E-state index in [0.29, 0.717) is 0 Å². The van der Waals surface area contributed by atoms with Crippen molar-refractivity contribution in [1.82, 2.24) is 5.48 Å². The van der Waals surface area contributed by atoms with Crippen LogP contribution in [0.1, 0.15) is 6.92 Å². The molecule has 1 rings (SSSR count). The van der Waals surface area contributed by atoms with Gasteiger partial charge in [0, 0.05) is 0 Å². The molecule has 1 aliphatic heterocycles. The molecule has 0 spiro atoms. The zero-order valence-electron chi connectivity index (χ0n) is 3.51. The fraction of sp³-hybridized carbons (Fsp3) is 1.00. The fourth-order valence-electron chi connectivity index (χ4n) is 0.321. The number of nitrogens with one attached hydrogen (secondary N) is 1. The first kappa shape index (κ1) is 4.05. The van der Waals surface area contributed by atoms with Gasteiger partial charge in [0.25, 0.3) is 0 Å². The maximum absolute atomic E-state index is 8.00. The molecule has 2 atom stereocenters. The van der Waals surface area contributed by atoms with Crippen LogP contribution in [0, 0.1) is 0 Å². The minimum absolute atomic E-state index is 0.0926. The van der Waals surface area contributed by atoms with Crippen LogP contribution in [0.3, 0.4) is 0 Å². The zero-order valence-corrected chi connectivity index (χ0v) is 3.51. The second kappa shape index (κ2) is 1.18. The van der Waals surface area contributed by atoms with Crippen molar-refractivity contribution in [2.24, 2.45) is 0 Å². The van der Waals surface area contributed by atoms with Crippen LogP contribution >= 0.6 is 0 Å². The molecule has 0 bridgehead atoms. The van der Waals surface area contributed by atoms with Gasteiger partial charge in [-0.05, 0) is 6.92 Å². The lowest BCUT2D eigenvalue weighted by Crippen LogP contribution is -2.12. The highest BCUT2D eigenvalue weighted by Crippen LogP contribution is 2.15. The highest BCUT2D eigenvalue weighted by Gasteiger charge is 2.33. The Balaban J connectivity index is 2.09. The van der Waals surface area contributed by atoms with Crippen molar-refractivity contribution < 1.29 is 9.94 Å². The first-order valence-electron chi connectivity index (χ1n) is 1.89. The minimum atomic E-state index is -0.0926. The smallest absolute Gasteiger partial charge is 0.156 e. The summed E-state index contributed by atoms with van der Waals surface area (Å²) in [5.74, 6) is 0. The van der Waals surface area contributed by atoms with Gasteiger partial charge in [-0.3, -0.25) is 0 Å². The largest absolute Gasteiger partial charge is 0.351 e. The minimum Gasteiger partial charge on any atom is -0.351 e. The summed E-state index contributed by atoms with van der Waals surface area (Å²) in [7, 11) is 0. The van der Waals surface area contributed by atoms with Gasteiger partial charge in [-0.1, -0.05) is 0 Å². The van der Waals surface area contributed by atoms with Crippen LogP contribution in [0.15, 0.2) is 0 Å². The zero-order chi connectivity index (χ0) is 4.57. The van der Waals surface area contributed by atoms with Crippen LogP contribution in [0.4, 0.5) is 0 Å². The number of hydrogen-bond acceptors (Lipinski definition) is 3. The molecule has 0 radical (unpaired) electrons. The third kappa shape index (κ3) is 0.518. The maximum atomic E-state index is 8.00. The highest BCUT2D eigenvalue weighted by molar-refractivity contribution is 4.73.